The number of carboxylic acid groups (broad SMARTS) is 1. The highest BCUT2D eigenvalue weighted by molar-refractivity contribution is 5.85. The summed E-state index contributed by atoms with van der Waals surface area (Å²) in [6.07, 6.45) is 0.738. The summed E-state index contributed by atoms with van der Waals surface area (Å²) in [5, 5.41) is 10.7. The lowest BCUT2D eigenvalue weighted by Crippen LogP contribution is -2.22. The molecule has 0 aliphatic heterocycles. The molecule has 0 saturated carbocycles. The van der Waals surface area contributed by atoms with Gasteiger partial charge in [0.25, 0.3) is 0 Å². The minimum Gasteiger partial charge on any atom is -0.545 e. The summed E-state index contributed by atoms with van der Waals surface area (Å²) in [4.78, 5) is 10.7. The minimum atomic E-state index is -1.13. The number of carbonyl (C=O) groups excluding carboxylic acids is 1. The van der Waals surface area contributed by atoms with E-state index in [1.54, 1.807) is 18.2 Å². The van der Waals surface area contributed by atoms with E-state index in [0.717, 1.165) is 17.5 Å². The van der Waals surface area contributed by atoms with E-state index < -0.39 is 5.97 Å². The van der Waals surface area contributed by atoms with Crippen molar-refractivity contribution in [3.63, 3.8) is 0 Å². The van der Waals surface area contributed by atoms with Crippen LogP contribution in [0.15, 0.2) is 54.6 Å². The molecule has 0 amide bonds. The largest absolute Gasteiger partial charge is 0.545 e. The predicted molar refractivity (Wildman–Crippen MR) is 60.0 cm³/mol. The SMILES string of the molecule is O=C([O-])c1cccc(Cc2ccccc2)c1. The van der Waals surface area contributed by atoms with Crippen LogP contribution in [0.5, 0.6) is 0 Å². The Morgan fingerprint density at radius 2 is 1.62 bits per heavy atom. The molecule has 0 N–H and O–H groups in total. The average molecular weight is 211 g/mol. The van der Waals surface area contributed by atoms with Crippen LogP contribution in [0.25, 0.3) is 0 Å². The van der Waals surface area contributed by atoms with Crippen LogP contribution in [0.3, 0.4) is 0 Å². The molecule has 0 aliphatic rings. The molecule has 2 aromatic rings. The van der Waals surface area contributed by atoms with E-state index in [9.17, 15) is 9.90 Å². The van der Waals surface area contributed by atoms with E-state index in [1.807, 2.05) is 36.4 Å². The summed E-state index contributed by atoms with van der Waals surface area (Å²) in [6, 6.07) is 16.8. The molecular formula is C14H11O2-. The summed E-state index contributed by atoms with van der Waals surface area (Å²) in [5.74, 6) is -1.13. The maximum atomic E-state index is 10.7. The van der Waals surface area contributed by atoms with Gasteiger partial charge < -0.3 is 9.90 Å². The maximum absolute atomic E-state index is 10.7. The van der Waals surface area contributed by atoms with Crippen LogP contribution in [0.4, 0.5) is 0 Å². The van der Waals surface area contributed by atoms with E-state index in [2.05, 4.69) is 0 Å². The highest BCUT2D eigenvalue weighted by Crippen LogP contribution is 2.10. The molecule has 2 aromatic carbocycles. The van der Waals surface area contributed by atoms with Gasteiger partial charge in [0.1, 0.15) is 0 Å². The molecule has 2 nitrogen and oxygen atoms in total. The first kappa shape index (κ1) is 10.4. The van der Waals surface area contributed by atoms with Gasteiger partial charge in [-0.1, -0.05) is 48.5 Å². The van der Waals surface area contributed by atoms with Gasteiger partial charge in [-0.15, -0.1) is 0 Å². The van der Waals surface area contributed by atoms with Crippen molar-refractivity contribution in [3.8, 4) is 0 Å². The molecule has 0 unspecified atom stereocenters. The molecule has 80 valence electrons. The zero-order valence-electron chi connectivity index (χ0n) is 8.72. The number of rotatable bonds is 3. The Kier molecular flexibility index (Phi) is 3.01. The highest BCUT2D eigenvalue weighted by Gasteiger charge is 1.98. The van der Waals surface area contributed by atoms with Crippen molar-refractivity contribution in [2.75, 3.05) is 0 Å². The second kappa shape index (κ2) is 4.62. The Hall–Kier alpha value is -2.09. The lowest BCUT2D eigenvalue weighted by molar-refractivity contribution is -0.255. The second-order valence-electron chi connectivity index (χ2n) is 3.65. The Morgan fingerprint density at radius 1 is 0.938 bits per heavy atom. The third-order valence-electron chi connectivity index (χ3n) is 2.41. The van der Waals surface area contributed by atoms with Crippen molar-refractivity contribution in [1.82, 2.24) is 0 Å². The van der Waals surface area contributed by atoms with Crippen LogP contribution in [-0.2, 0) is 6.42 Å². The summed E-state index contributed by atoms with van der Waals surface area (Å²) < 4.78 is 0. The van der Waals surface area contributed by atoms with E-state index in [1.165, 1.54) is 0 Å². The van der Waals surface area contributed by atoms with E-state index in [4.69, 9.17) is 0 Å². The van der Waals surface area contributed by atoms with Crippen molar-refractivity contribution >= 4 is 5.97 Å². The number of benzene rings is 2. The molecule has 0 heterocycles. The fourth-order valence-electron chi connectivity index (χ4n) is 1.64. The fraction of sp³-hybridized carbons (Fsp3) is 0.0714. The highest BCUT2D eigenvalue weighted by atomic mass is 16.4. The Labute approximate surface area is 94.2 Å². The number of carboxylic acids is 1. The molecule has 0 fully saturated rings. The third kappa shape index (κ3) is 2.48. The maximum Gasteiger partial charge on any atom is 0.0715 e. The lowest BCUT2D eigenvalue weighted by atomic mass is 10.0. The van der Waals surface area contributed by atoms with Crippen LogP contribution in [0.2, 0.25) is 0 Å². The number of carbonyl (C=O) groups is 1. The molecule has 16 heavy (non-hydrogen) atoms. The molecule has 0 atom stereocenters. The van der Waals surface area contributed by atoms with Crippen LogP contribution in [0.1, 0.15) is 21.5 Å². The van der Waals surface area contributed by atoms with E-state index in [0.29, 0.717) is 0 Å². The molecule has 2 heteroatoms. The molecule has 0 bridgehead atoms. The van der Waals surface area contributed by atoms with Gasteiger partial charge in [0.05, 0.1) is 5.97 Å². The summed E-state index contributed by atoms with van der Waals surface area (Å²) in [5.41, 5.74) is 2.37. The van der Waals surface area contributed by atoms with Crippen molar-refractivity contribution in [2.45, 2.75) is 6.42 Å². The molecule has 0 radical (unpaired) electrons. The number of aromatic carboxylic acids is 1. The van der Waals surface area contributed by atoms with E-state index in [-0.39, 0.29) is 5.56 Å². The van der Waals surface area contributed by atoms with Crippen molar-refractivity contribution in [3.05, 3.63) is 71.3 Å². The van der Waals surface area contributed by atoms with Crippen LogP contribution >= 0.6 is 0 Å². The van der Waals surface area contributed by atoms with E-state index >= 15 is 0 Å². The first-order valence-electron chi connectivity index (χ1n) is 5.10. The van der Waals surface area contributed by atoms with Gasteiger partial charge in [0.15, 0.2) is 0 Å². The zero-order chi connectivity index (χ0) is 11.4. The number of hydrogen-bond donors (Lipinski definition) is 0. The molecule has 0 aliphatic carbocycles. The normalized spacial score (nSPS) is 10.0. The van der Waals surface area contributed by atoms with Gasteiger partial charge in [0, 0.05) is 0 Å². The number of hydrogen-bond acceptors (Lipinski definition) is 2. The summed E-state index contributed by atoms with van der Waals surface area (Å²) in [6.45, 7) is 0. The minimum absolute atomic E-state index is 0.230. The molecule has 0 aromatic heterocycles. The standard InChI is InChI=1S/C14H12O2/c15-14(16)13-8-4-7-12(10-13)9-11-5-2-1-3-6-11/h1-8,10H,9H2,(H,15,16)/p-1. The van der Waals surface area contributed by atoms with Crippen molar-refractivity contribution in [1.29, 1.82) is 0 Å². The van der Waals surface area contributed by atoms with Gasteiger partial charge in [-0.2, -0.15) is 0 Å². The van der Waals surface area contributed by atoms with Crippen LogP contribution in [-0.4, -0.2) is 5.97 Å². The first-order chi connectivity index (χ1) is 7.75. The fourth-order valence-corrected chi connectivity index (χ4v) is 1.64. The Morgan fingerprint density at radius 3 is 2.31 bits per heavy atom. The van der Waals surface area contributed by atoms with Gasteiger partial charge in [-0.05, 0) is 29.2 Å². The molecular weight excluding hydrogens is 200 g/mol. The van der Waals surface area contributed by atoms with Gasteiger partial charge in [0.2, 0.25) is 0 Å². The first-order valence-corrected chi connectivity index (χ1v) is 5.10. The van der Waals surface area contributed by atoms with Crippen LogP contribution < -0.4 is 5.11 Å². The van der Waals surface area contributed by atoms with Crippen LogP contribution in [0, 0.1) is 0 Å². The van der Waals surface area contributed by atoms with Gasteiger partial charge in [-0.25, -0.2) is 0 Å². The van der Waals surface area contributed by atoms with Gasteiger partial charge >= 0.3 is 0 Å². The summed E-state index contributed by atoms with van der Waals surface area (Å²) >= 11 is 0. The monoisotopic (exact) mass is 211 g/mol. The Balaban J connectivity index is 2.22. The second-order valence-corrected chi connectivity index (χ2v) is 3.65. The van der Waals surface area contributed by atoms with Crippen molar-refractivity contribution < 1.29 is 9.90 Å². The predicted octanol–water partition coefficient (Wildman–Crippen LogP) is 1.64. The Bertz CT molecular complexity index is 489. The average Bonchev–Trinajstić information content (AvgIpc) is 2.30. The molecule has 0 spiro atoms. The zero-order valence-corrected chi connectivity index (χ0v) is 8.72. The third-order valence-corrected chi connectivity index (χ3v) is 2.41. The smallest absolute Gasteiger partial charge is 0.0715 e. The van der Waals surface area contributed by atoms with Crippen molar-refractivity contribution in [2.24, 2.45) is 0 Å². The lowest BCUT2D eigenvalue weighted by Gasteiger charge is -2.06. The molecule has 2 rings (SSSR count). The quantitative estimate of drug-likeness (QED) is 0.774. The topological polar surface area (TPSA) is 40.1 Å². The summed E-state index contributed by atoms with van der Waals surface area (Å²) in [7, 11) is 0. The molecule has 0 saturated heterocycles. The van der Waals surface area contributed by atoms with Gasteiger partial charge in [-0.3, -0.25) is 0 Å².